The van der Waals surface area contributed by atoms with E-state index < -0.39 is 12.0 Å². The van der Waals surface area contributed by atoms with Crippen LogP contribution in [0.15, 0.2) is 0 Å². The number of carbonyl (C=O) groups is 2. The number of amides is 2. The molecule has 2 amide bonds. The molecule has 6 nitrogen and oxygen atoms in total. The van der Waals surface area contributed by atoms with Crippen LogP contribution in [0.1, 0.15) is 32.6 Å². The van der Waals surface area contributed by atoms with Gasteiger partial charge in [0.1, 0.15) is 6.04 Å². The Bertz CT molecular complexity index is 348. The molecular formula is C13H22N2O4. The number of ether oxygens (including phenoxy) is 1. The van der Waals surface area contributed by atoms with E-state index in [9.17, 15) is 14.7 Å². The first-order valence-corrected chi connectivity index (χ1v) is 6.99. The summed E-state index contributed by atoms with van der Waals surface area (Å²) in [5.41, 5.74) is 0. The zero-order valence-electron chi connectivity index (χ0n) is 11.4. The fourth-order valence-corrected chi connectivity index (χ4v) is 2.77. The predicted octanol–water partition coefficient (Wildman–Crippen LogP) is 1.16. The number of hydrogen-bond donors (Lipinski definition) is 1. The van der Waals surface area contributed by atoms with Crippen LogP contribution in [0.5, 0.6) is 0 Å². The highest BCUT2D eigenvalue weighted by Gasteiger charge is 2.35. The summed E-state index contributed by atoms with van der Waals surface area (Å²) in [6.45, 7) is 4.08. The highest BCUT2D eigenvalue weighted by atomic mass is 16.5. The molecule has 0 bridgehead atoms. The Hall–Kier alpha value is -1.30. The molecule has 2 saturated heterocycles. The van der Waals surface area contributed by atoms with Gasteiger partial charge in [0, 0.05) is 13.1 Å². The monoisotopic (exact) mass is 270 g/mol. The second kappa shape index (κ2) is 6.23. The lowest BCUT2D eigenvalue weighted by Gasteiger charge is -2.38. The number of nitrogens with zero attached hydrogens (tertiary/aromatic N) is 2. The smallest absolute Gasteiger partial charge is 0.326 e. The lowest BCUT2D eigenvalue weighted by Crippen LogP contribution is -2.56. The van der Waals surface area contributed by atoms with Gasteiger partial charge in [-0.15, -0.1) is 0 Å². The zero-order chi connectivity index (χ0) is 13.8. The number of likely N-dealkylation sites (tertiary alicyclic amines) is 1. The Kier molecular flexibility index (Phi) is 4.63. The lowest BCUT2D eigenvalue weighted by atomic mass is 10.1. The molecule has 2 aliphatic heterocycles. The Morgan fingerprint density at radius 1 is 1.16 bits per heavy atom. The number of carboxylic acid groups (broad SMARTS) is 1. The molecule has 0 radical (unpaired) electrons. The van der Waals surface area contributed by atoms with Crippen molar-refractivity contribution in [3.8, 4) is 0 Å². The number of rotatable bonds is 1. The fraction of sp³-hybridized carbons (Fsp3) is 0.846. The SMILES string of the molecule is CC1COCCN1C(=O)N1CCCCCC1C(=O)O. The first-order chi connectivity index (χ1) is 9.11. The van der Waals surface area contributed by atoms with E-state index in [0.717, 1.165) is 19.3 Å². The minimum atomic E-state index is -0.892. The van der Waals surface area contributed by atoms with Crippen molar-refractivity contribution in [3.05, 3.63) is 0 Å². The normalized spacial score (nSPS) is 28.9. The molecule has 0 aromatic rings. The van der Waals surface area contributed by atoms with Gasteiger partial charge in [-0.05, 0) is 19.8 Å². The summed E-state index contributed by atoms with van der Waals surface area (Å²) in [5, 5.41) is 9.31. The topological polar surface area (TPSA) is 70.1 Å². The number of urea groups is 1. The first-order valence-electron chi connectivity index (χ1n) is 6.99. The third-order valence-electron chi connectivity index (χ3n) is 3.90. The maximum Gasteiger partial charge on any atom is 0.326 e. The van der Waals surface area contributed by atoms with Gasteiger partial charge in [0.25, 0.3) is 0 Å². The number of aliphatic carboxylic acids is 1. The van der Waals surface area contributed by atoms with Crippen molar-refractivity contribution in [1.82, 2.24) is 9.80 Å². The van der Waals surface area contributed by atoms with E-state index in [4.69, 9.17) is 4.74 Å². The summed E-state index contributed by atoms with van der Waals surface area (Å²) >= 11 is 0. The molecule has 6 heteroatoms. The second-order valence-corrected chi connectivity index (χ2v) is 5.30. The van der Waals surface area contributed by atoms with Crippen LogP contribution >= 0.6 is 0 Å². The quantitative estimate of drug-likeness (QED) is 0.776. The van der Waals surface area contributed by atoms with E-state index >= 15 is 0 Å². The molecule has 2 aliphatic rings. The van der Waals surface area contributed by atoms with Crippen LogP contribution in [0.25, 0.3) is 0 Å². The standard InChI is InChI=1S/C13H22N2O4/c1-10-9-19-8-7-14(10)13(18)15-6-4-2-3-5-11(15)12(16)17/h10-11H,2-9H2,1H3,(H,16,17). The summed E-state index contributed by atoms with van der Waals surface area (Å²) in [7, 11) is 0. The second-order valence-electron chi connectivity index (χ2n) is 5.30. The van der Waals surface area contributed by atoms with Crippen molar-refractivity contribution in [2.75, 3.05) is 26.3 Å². The molecule has 2 unspecified atom stereocenters. The zero-order valence-corrected chi connectivity index (χ0v) is 11.4. The van der Waals surface area contributed by atoms with Crippen LogP contribution < -0.4 is 0 Å². The van der Waals surface area contributed by atoms with Crippen molar-refractivity contribution < 1.29 is 19.4 Å². The minimum Gasteiger partial charge on any atom is -0.480 e. The third-order valence-corrected chi connectivity index (χ3v) is 3.90. The van der Waals surface area contributed by atoms with Gasteiger partial charge in [0.15, 0.2) is 0 Å². The van der Waals surface area contributed by atoms with E-state index in [1.165, 1.54) is 4.90 Å². The molecule has 0 spiro atoms. The summed E-state index contributed by atoms with van der Waals surface area (Å²) in [6.07, 6.45) is 3.31. The van der Waals surface area contributed by atoms with Crippen molar-refractivity contribution in [3.63, 3.8) is 0 Å². The third kappa shape index (κ3) is 3.18. The van der Waals surface area contributed by atoms with Gasteiger partial charge in [-0.1, -0.05) is 12.8 Å². The van der Waals surface area contributed by atoms with Crippen LogP contribution in [0, 0.1) is 0 Å². The van der Waals surface area contributed by atoms with Gasteiger partial charge in [0.2, 0.25) is 0 Å². The number of morpholine rings is 1. The van der Waals surface area contributed by atoms with Gasteiger partial charge in [-0.3, -0.25) is 0 Å². The van der Waals surface area contributed by atoms with Crippen LogP contribution in [-0.2, 0) is 9.53 Å². The Morgan fingerprint density at radius 3 is 2.63 bits per heavy atom. The highest BCUT2D eigenvalue weighted by Crippen LogP contribution is 2.20. The van der Waals surface area contributed by atoms with E-state index in [0.29, 0.717) is 32.7 Å². The maximum absolute atomic E-state index is 12.6. The number of carboxylic acids is 1. The van der Waals surface area contributed by atoms with Gasteiger partial charge in [-0.25, -0.2) is 9.59 Å². The summed E-state index contributed by atoms with van der Waals surface area (Å²) in [6, 6.07) is -0.811. The molecule has 19 heavy (non-hydrogen) atoms. The molecule has 0 aliphatic carbocycles. The minimum absolute atomic E-state index is 0.0129. The Morgan fingerprint density at radius 2 is 1.95 bits per heavy atom. The van der Waals surface area contributed by atoms with Gasteiger partial charge in [0.05, 0.1) is 19.3 Å². The molecule has 2 atom stereocenters. The van der Waals surface area contributed by atoms with Crippen molar-refractivity contribution in [2.24, 2.45) is 0 Å². The highest BCUT2D eigenvalue weighted by molar-refractivity contribution is 5.83. The largest absolute Gasteiger partial charge is 0.480 e. The average molecular weight is 270 g/mol. The summed E-state index contributed by atoms with van der Waals surface area (Å²) < 4.78 is 5.32. The molecule has 0 saturated carbocycles. The van der Waals surface area contributed by atoms with Crippen molar-refractivity contribution >= 4 is 12.0 Å². The first kappa shape index (κ1) is 14.1. The van der Waals surface area contributed by atoms with Crippen LogP contribution in [0.2, 0.25) is 0 Å². The van der Waals surface area contributed by atoms with Gasteiger partial charge >= 0.3 is 12.0 Å². The maximum atomic E-state index is 12.6. The molecule has 1 N–H and O–H groups in total. The van der Waals surface area contributed by atoms with Crippen LogP contribution in [0.3, 0.4) is 0 Å². The molecular weight excluding hydrogens is 248 g/mol. The van der Waals surface area contributed by atoms with Crippen molar-refractivity contribution in [2.45, 2.75) is 44.7 Å². The van der Waals surface area contributed by atoms with Gasteiger partial charge in [-0.2, -0.15) is 0 Å². The average Bonchev–Trinajstić information content (AvgIpc) is 2.64. The summed E-state index contributed by atoms with van der Waals surface area (Å²) in [5.74, 6) is -0.892. The molecule has 0 aromatic heterocycles. The van der Waals surface area contributed by atoms with E-state index in [2.05, 4.69) is 0 Å². The van der Waals surface area contributed by atoms with E-state index in [-0.39, 0.29) is 12.1 Å². The van der Waals surface area contributed by atoms with E-state index in [1.807, 2.05) is 6.92 Å². The molecule has 2 heterocycles. The summed E-state index contributed by atoms with van der Waals surface area (Å²) in [4.78, 5) is 27.2. The van der Waals surface area contributed by atoms with Crippen LogP contribution in [0.4, 0.5) is 4.79 Å². The van der Waals surface area contributed by atoms with Crippen LogP contribution in [-0.4, -0.2) is 65.3 Å². The Labute approximate surface area is 113 Å². The van der Waals surface area contributed by atoms with E-state index in [1.54, 1.807) is 4.90 Å². The Balaban J connectivity index is 2.11. The molecule has 2 fully saturated rings. The molecule has 0 aromatic carbocycles. The molecule has 108 valence electrons. The van der Waals surface area contributed by atoms with Gasteiger partial charge < -0.3 is 19.6 Å². The fourth-order valence-electron chi connectivity index (χ4n) is 2.77. The van der Waals surface area contributed by atoms with Crippen molar-refractivity contribution in [1.29, 1.82) is 0 Å². The number of carbonyl (C=O) groups excluding carboxylic acids is 1. The molecule has 2 rings (SSSR count). The lowest BCUT2D eigenvalue weighted by molar-refractivity contribution is -0.142. The predicted molar refractivity (Wildman–Crippen MR) is 69.0 cm³/mol. The number of hydrogen-bond acceptors (Lipinski definition) is 3.